The van der Waals surface area contributed by atoms with Crippen molar-refractivity contribution in [2.24, 2.45) is 0 Å². The molecule has 0 radical (unpaired) electrons. The minimum Gasteiger partial charge on any atom is -0.481 e. The number of aromatic nitrogens is 2. The van der Waals surface area contributed by atoms with Gasteiger partial charge in [-0.1, -0.05) is 18.2 Å². The molecule has 0 bridgehead atoms. The highest BCUT2D eigenvalue weighted by Gasteiger charge is 2.18. The van der Waals surface area contributed by atoms with Crippen LogP contribution in [0.15, 0.2) is 24.3 Å². The van der Waals surface area contributed by atoms with Crippen LogP contribution in [-0.4, -0.2) is 23.6 Å². The molecule has 0 fully saturated rings. The van der Waals surface area contributed by atoms with Crippen LogP contribution in [-0.2, 0) is 13.0 Å². The van der Waals surface area contributed by atoms with Crippen LogP contribution in [0.2, 0.25) is 0 Å². The number of para-hydroxylation sites is 1. The Balaban J connectivity index is 1.96. The van der Waals surface area contributed by atoms with E-state index < -0.39 is 0 Å². The van der Waals surface area contributed by atoms with Gasteiger partial charge in [0.15, 0.2) is 0 Å². The normalized spacial score (nSPS) is 13.7. The number of nitrogens with one attached hydrogen (secondary N) is 2. The molecule has 2 N–H and O–H groups in total. The topological polar surface area (TPSA) is 59.1 Å². The van der Waals surface area contributed by atoms with Crippen molar-refractivity contribution in [3.8, 4) is 5.88 Å². The number of hydrogen-bond donors (Lipinski definition) is 2. The van der Waals surface area contributed by atoms with Crippen LogP contribution in [0.3, 0.4) is 0 Å². The highest BCUT2D eigenvalue weighted by molar-refractivity contribution is 5.58. The number of rotatable bonds is 3. The smallest absolute Gasteiger partial charge is 0.230 e. The molecule has 104 valence electrons. The summed E-state index contributed by atoms with van der Waals surface area (Å²) in [6.07, 6.45) is 0.906. The SMILES string of the molecule is COc1nc(Nc2ccccc2C)nc2c1CCNC2. The molecule has 0 saturated carbocycles. The molecule has 5 nitrogen and oxygen atoms in total. The Kier molecular flexibility index (Phi) is 3.52. The molecule has 0 aliphatic carbocycles. The lowest BCUT2D eigenvalue weighted by Gasteiger charge is -2.19. The number of nitrogens with zero attached hydrogens (tertiary/aromatic N) is 2. The van der Waals surface area contributed by atoms with Crippen LogP contribution in [0.25, 0.3) is 0 Å². The minimum absolute atomic E-state index is 0.582. The fourth-order valence-corrected chi connectivity index (χ4v) is 2.38. The van der Waals surface area contributed by atoms with E-state index in [1.54, 1.807) is 7.11 Å². The summed E-state index contributed by atoms with van der Waals surface area (Å²) in [5, 5.41) is 6.59. The fourth-order valence-electron chi connectivity index (χ4n) is 2.38. The second kappa shape index (κ2) is 5.46. The van der Waals surface area contributed by atoms with Crippen molar-refractivity contribution in [3.63, 3.8) is 0 Å². The van der Waals surface area contributed by atoms with Crippen molar-refractivity contribution in [3.05, 3.63) is 41.1 Å². The first kappa shape index (κ1) is 12.9. The van der Waals surface area contributed by atoms with Gasteiger partial charge in [-0.05, 0) is 31.5 Å². The second-order valence-electron chi connectivity index (χ2n) is 4.85. The van der Waals surface area contributed by atoms with E-state index in [1.807, 2.05) is 18.2 Å². The molecule has 1 aromatic heterocycles. The maximum atomic E-state index is 5.40. The summed E-state index contributed by atoms with van der Waals surface area (Å²) in [5.41, 5.74) is 4.30. The molecular formula is C15H18N4O. The third-order valence-electron chi connectivity index (χ3n) is 3.48. The molecule has 5 heteroatoms. The quantitative estimate of drug-likeness (QED) is 0.895. The van der Waals surface area contributed by atoms with Gasteiger partial charge in [0, 0.05) is 17.8 Å². The average molecular weight is 270 g/mol. The van der Waals surface area contributed by atoms with E-state index in [-0.39, 0.29) is 0 Å². The molecule has 2 heterocycles. The van der Waals surface area contributed by atoms with Gasteiger partial charge < -0.3 is 15.4 Å². The number of fused-ring (bicyclic) bond motifs is 1. The lowest BCUT2D eigenvalue weighted by molar-refractivity contribution is 0.387. The summed E-state index contributed by atoms with van der Waals surface area (Å²) in [6.45, 7) is 3.76. The Morgan fingerprint density at radius 3 is 2.90 bits per heavy atom. The fraction of sp³-hybridized carbons (Fsp3) is 0.333. The Hall–Kier alpha value is -2.14. The summed E-state index contributed by atoms with van der Waals surface area (Å²) in [7, 11) is 1.65. The average Bonchev–Trinajstić information content (AvgIpc) is 2.49. The molecule has 2 aromatic rings. The summed E-state index contributed by atoms with van der Waals surface area (Å²) in [4.78, 5) is 9.06. The molecule has 3 rings (SSSR count). The van der Waals surface area contributed by atoms with Crippen molar-refractivity contribution < 1.29 is 4.74 Å². The van der Waals surface area contributed by atoms with Crippen molar-refractivity contribution >= 4 is 11.6 Å². The van der Waals surface area contributed by atoms with Gasteiger partial charge in [-0.25, -0.2) is 4.98 Å². The highest BCUT2D eigenvalue weighted by atomic mass is 16.5. The van der Waals surface area contributed by atoms with Gasteiger partial charge in [-0.15, -0.1) is 0 Å². The van der Waals surface area contributed by atoms with Crippen molar-refractivity contribution in [1.29, 1.82) is 0 Å². The van der Waals surface area contributed by atoms with E-state index in [9.17, 15) is 0 Å². The largest absolute Gasteiger partial charge is 0.481 e. The minimum atomic E-state index is 0.582. The van der Waals surface area contributed by atoms with Gasteiger partial charge in [0.1, 0.15) is 0 Å². The molecule has 20 heavy (non-hydrogen) atoms. The third-order valence-corrected chi connectivity index (χ3v) is 3.48. The zero-order chi connectivity index (χ0) is 13.9. The highest BCUT2D eigenvalue weighted by Crippen LogP contribution is 2.25. The standard InChI is InChI=1S/C15H18N4O/c1-10-5-3-4-6-12(10)17-15-18-13-9-16-8-7-11(13)14(19-15)20-2/h3-6,16H,7-9H2,1-2H3,(H,17,18,19). The first-order chi connectivity index (χ1) is 9.78. The summed E-state index contributed by atoms with van der Waals surface area (Å²) >= 11 is 0. The molecule has 1 aliphatic heterocycles. The zero-order valence-electron chi connectivity index (χ0n) is 11.7. The molecule has 1 aliphatic rings. The molecule has 0 unspecified atom stereocenters. The first-order valence-electron chi connectivity index (χ1n) is 6.75. The predicted octanol–water partition coefficient (Wildman–Crippen LogP) is 2.18. The molecule has 0 amide bonds. The van der Waals surface area contributed by atoms with Crippen LogP contribution in [0.1, 0.15) is 16.8 Å². The van der Waals surface area contributed by atoms with Gasteiger partial charge in [0.2, 0.25) is 11.8 Å². The van der Waals surface area contributed by atoms with Gasteiger partial charge in [-0.3, -0.25) is 0 Å². The summed E-state index contributed by atoms with van der Waals surface area (Å²) in [6, 6.07) is 8.08. The Morgan fingerprint density at radius 2 is 2.10 bits per heavy atom. The number of aryl methyl sites for hydroxylation is 1. The van der Waals surface area contributed by atoms with Crippen LogP contribution in [0.5, 0.6) is 5.88 Å². The molecule has 0 spiro atoms. The van der Waals surface area contributed by atoms with Gasteiger partial charge in [-0.2, -0.15) is 4.98 Å². The Bertz CT molecular complexity index is 610. The van der Waals surface area contributed by atoms with E-state index in [0.717, 1.165) is 42.0 Å². The van der Waals surface area contributed by atoms with E-state index in [4.69, 9.17) is 4.74 Å². The van der Waals surface area contributed by atoms with Crippen molar-refractivity contribution in [1.82, 2.24) is 15.3 Å². The predicted molar refractivity (Wildman–Crippen MR) is 78.5 cm³/mol. The molecule has 0 atom stereocenters. The van der Waals surface area contributed by atoms with E-state index in [1.165, 1.54) is 0 Å². The van der Waals surface area contributed by atoms with E-state index in [0.29, 0.717) is 11.8 Å². The van der Waals surface area contributed by atoms with Crippen molar-refractivity contribution in [2.45, 2.75) is 19.9 Å². The van der Waals surface area contributed by atoms with Gasteiger partial charge in [0.05, 0.1) is 12.8 Å². The first-order valence-corrected chi connectivity index (χ1v) is 6.75. The van der Waals surface area contributed by atoms with Crippen molar-refractivity contribution in [2.75, 3.05) is 19.0 Å². The van der Waals surface area contributed by atoms with Crippen LogP contribution >= 0.6 is 0 Å². The number of benzene rings is 1. The number of anilines is 2. The third kappa shape index (κ3) is 2.44. The Labute approximate surface area is 118 Å². The van der Waals surface area contributed by atoms with E-state index in [2.05, 4.69) is 33.6 Å². The summed E-state index contributed by atoms with van der Waals surface area (Å²) in [5.74, 6) is 1.26. The lowest BCUT2D eigenvalue weighted by Crippen LogP contribution is -2.26. The zero-order valence-corrected chi connectivity index (χ0v) is 11.7. The molecule has 0 saturated heterocycles. The number of hydrogen-bond acceptors (Lipinski definition) is 5. The molecule has 1 aromatic carbocycles. The van der Waals surface area contributed by atoms with E-state index >= 15 is 0 Å². The molecular weight excluding hydrogens is 252 g/mol. The van der Waals surface area contributed by atoms with Crippen LogP contribution in [0.4, 0.5) is 11.6 Å². The van der Waals surface area contributed by atoms with Crippen LogP contribution in [0, 0.1) is 6.92 Å². The second-order valence-corrected chi connectivity index (χ2v) is 4.85. The Morgan fingerprint density at radius 1 is 1.25 bits per heavy atom. The maximum Gasteiger partial charge on any atom is 0.230 e. The maximum absolute atomic E-state index is 5.40. The summed E-state index contributed by atoms with van der Waals surface area (Å²) < 4.78 is 5.40. The lowest BCUT2D eigenvalue weighted by atomic mass is 10.1. The van der Waals surface area contributed by atoms with Gasteiger partial charge in [0.25, 0.3) is 0 Å². The number of ether oxygens (including phenoxy) is 1. The van der Waals surface area contributed by atoms with Crippen LogP contribution < -0.4 is 15.4 Å². The number of methoxy groups -OCH3 is 1. The monoisotopic (exact) mass is 270 g/mol. The van der Waals surface area contributed by atoms with Gasteiger partial charge >= 0.3 is 0 Å².